The quantitative estimate of drug-likeness (QED) is 0.728. The number of esters is 1. The predicted octanol–water partition coefficient (Wildman–Crippen LogP) is 1.98. The Morgan fingerprint density at radius 1 is 1.60 bits per heavy atom. The molecule has 2 atom stereocenters. The zero-order chi connectivity index (χ0) is 11.7. The van der Waals surface area contributed by atoms with Gasteiger partial charge >= 0.3 is 5.97 Å². The van der Waals surface area contributed by atoms with E-state index >= 15 is 0 Å². The van der Waals surface area contributed by atoms with Crippen LogP contribution in [0.2, 0.25) is 0 Å². The van der Waals surface area contributed by atoms with E-state index in [1.165, 1.54) is 0 Å². The highest BCUT2D eigenvalue weighted by Crippen LogP contribution is 2.42. The SMILES string of the molecule is CCC(C)(CO)CC1C(=O)OCC1(C)C. The molecule has 0 spiro atoms. The first kappa shape index (κ1) is 12.5. The van der Waals surface area contributed by atoms with Crippen LogP contribution < -0.4 is 0 Å². The third-order valence-electron chi connectivity index (χ3n) is 3.75. The van der Waals surface area contributed by atoms with Crippen LogP contribution in [0.25, 0.3) is 0 Å². The Morgan fingerprint density at radius 2 is 2.20 bits per heavy atom. The smallest absolute Gasteiger partial charge is 0.309 e. The van der Waals surface area contributed by atoms with Crippen molar-refractivity contribution in [2.24, 2.45) is 16.7 Å². The second-order valence-corrected chi connectivity index (χ2v) is 5.68. The molecule has 1 heterocycles. The van der Waals surface area contributed by atoms with Crippen molar-refractivity contribution < 1.29 is 14.6 Å². The number of carbonyl (C=O) groups is 1. The van der Waals surface area contributed by atoms with Gasteiger partial charge in [0, 0.05) is 12.0 Å². The summed E-state index contributed by atoms with van der Waals surface area (Å²) in [6.45, 7) is 8.80. The molecule has 0 aliphatic carbocycles. The van der Waals surface area contributed by atoms with E-state index in [0.717, 1.165) is 6.42 Å². The molecular formula is C12H22O3. The van der Waals surface area contributed by atoms with Crippen LogP contribution in [0.4, 0.5) is 0 Å². The van der Waals surface area contributed by atoms with E-state index in [1.54, 1.807) is 0 Å². The number of ether oxygens (including phenoxy) is 1. The first-order valence-electron chi connectivity index (χ1n) is 5.62. The van der Waals surface area contributed by atoms with Crippen LogP contribution in [0.1, 0.15) is 40.5 Å². The van der Waals surface area contributed by atoms with Gasteiger partial charge in [0.05, 0.1) is 12.5 Å². The number of aliphatic hydroxyl groups is 1. The van der Waals surface area contributed by atoms with Crippen LogP contribution in [0.5, 0.6) is 0 Å². The van der Waals surface area contributed by atoms with Crippen molar-refractivity contribution in [3.8, 4) is 0 Å². The fourth-order valence-corrected chi connectivity index (χ4v) is 1.95. The molecule has 0 aromatic rings. The third kappa shape index (κ3) is 2.51. The average molecular weight is 214 g/mol. The molecule has 3 nitrogen and oxygen atoms in total. The minimum absolute atomic E-state index is 0.0744. The van der Waals surface area contributed by atoms with Crippen molar-refractivity contribution in [3.05, 3.63) is 0 Å². The Bertz CT molecular complexity index is 241. The van der Waals surface area contributed by atoms with Crippen LogP contribution in [-0.4, -0.2) is 24.3 Å². The first-order valence-corrected chi connectivity index (χ1v) is 5.62. The number of aliphatic hydroxyl groups excluding tert-OH is 1. The van der Waals surface area contributed by atoms with Gasteiger partial charge in [-0.3, -0.25) is 4.79 Å². The summed E-state index contributed by atoms with van der Waals surface area (Å²) in [5.74, 6) is -0.178. The lowest BCUT2D eigenvalue weighted by molar-refractivity contribution is -0.142. The van der Waals surface area contributed by atoms with Gasteiger partial charge in [0.2, 0.25) is 0 Å². The van der Waals surface area contributed by atoms with Crippen molar-refractivity contribution in [3.63, 3.8) is 0 Å². The van der Waals surface area contributed by atoms with Gasteiger partial charge in [-0.2, -0.15) is 0 Å². The van der Waals surface area contributed by atoms with E-state index < -0.39 is 0 Å². The number of carbonyl (C=O) groups excluding carboxylic acids is 1. The van der Waals surface area contributed by atoms with Crippen LogP contribution in [-0.2, 0) is 9.53 Å². The zero-order valence-electron chi connectivity index (χ0n) is 10.2. The summed E-state index contributed by atoms with van der Waals surface area (Å²) in [5, 5.41) is 9.35. The molecule has 15 heavy (non-hydrogen) atoms. The van der Waals surface area contributed by atoms with Gasteiger partial charge in [-0.05, 0) is 18.3 Å². The second kappa shape index (κ2) is 4.12. The normalized spacial score (nSPS) is 28.6. The summed E-state index contributed by atoms with van der Waals surface area (Å²) < 4.78 is 5.10. The number of rotatable bonds is 4. The maximum absolute atomic E-state index is 11.6. The first-order chi connectivity index (χ1) is 6.84. The van der Waals surface area contributed by atoms with E-state index in [-0.39, 0.29) is 29.3 Å². The van der Waals surface area contributed by atoms with E-state index in [2.05, 4.69) is 13.8 Å². The molecule has 0 amide bonds. The van der Waals surface area contributed by atoms with Gasteiger partial charge in [-0.25, -0.2) is 0 Å². The Hall–Kier alpha value is -0.570. The van der Waals surface area contributed by atoms with Crippen LogP contribution in [0.3, 0.4) is 0 Å². The van der Waals surface area contributed by atoms with E-state index in [4.69, 9.17) is 4.74 Å². The highest BCUT2D eigenvalue weighted by Gasteiger charge is 2.46. The fraction of sp³-hybridized carbons (Fsp3) is 0.917. The summed E-state index contributed by atoms with van der Waals surface area (Å²) >= 11 is 0. The third-order valence-corrected chi connectivity index (χ3v) is 3.75. The molecule has 3 heteroatoms. The van der Waals surface area contributed by atoms with Crippen molar-refractivity contribution >= 4 is 5.97 Å². The topological polar surface area (TPSA) is 46.5 Å². The second-order valence-electron chi connectivity index (χ2n) is 5.68. The molecule has 0 bridgehead atoms. The largest absolute Gasteiger partial charge is 0.465 e. The Labute approximate surface area is 91.8 Å². The Kier molecular flexibility index (Phi) is 3.44. The summed E-state index contributed by atoms with van der Waals surface area (Å²) in [6.07, 6.45) is 1.59. The summed E-state index contributed by atoms with van der Waals surface area (Å²) in [5.41, 5.74) is -0.256. The Morgan fingerprint density at radius 3 is 2.53 bits per heavy atom. The van der Waals surface area contributed by atoms with Gasteiger partial charge in [-0.1, -0.05) is 27.7 Å². The fourth-order valence-electron chi connectivity index (χ4n) is 1.95. The van der Waals surface area contributed by atoms with E-state index in [0.29, 0.717) is 13.0 Å². The molecule has 0 saturated carbocycles. The van der Waals surface area contributed by atoms with Gasteiger partial charge < -0.3 is 9.84 Å². The van der Waals surface area contributed by atoms with Gasteiger partial charge in [0.1, 0.15) is 0 Å². The standard InChI is InChI=1S/C12H22O3/c1-5-12(4,7-13)6-9-10(14)15-8-11(9,2)3/h9,13H,5-8H2,1-4H3. The average Bonchev–Trinajstić information content (AvgIpc) is 2.45. The highest BCUT2D eigenvalue weighted by molar-refractivity contribution is 5.75. The lowest BCUT2D eigenvalue weighted by atomic mass is 9.71. The van der Waals surface area contributed by atoms with Crippen LogP contribution in [0, 0.1) is 16.7 Å². The molecule has 1 aliphatic rings. The number of hydrogen-bond donors (Lipinski definition) is 1. The molecule has 1 rings (SSSR count). The minimum atomic E-state index is -0.161. The highest BCUT2D eigenvalue weighted by atomic mass is 16.5. The molecule has 0 radical (unpaired) electrons. The molecular weight excluding hydrogens is 192 g/mol. The lowest BCUT2D eigenvalue weighted by Crippen LogP contribution is -2.32. The van der Waals surface area contributed by atoms with Crippen molar-refractivity contribution in [1.29, 1.82) is 0 Å². The monoisotopic (exact) mass is 214 g/mol. The van der Waals surface area contributed by atoms with Crippen LogP contribution >= 0.6 is 0 Å². The number of cyclic esters (lactones) is 1. The van der Waals surface area contributed by atoms with E-state index in [1.807, 2.05) is 13.8 Å². The minimum Gasteiger partial charge on any atom is -0.465 e. The Balaban J connectivity index is 2.75. The predicted molar refractivity (Wildman–Crippen MR) is 58.3 cm³/mol. The molecule has 1 N–H and O–H groups in total. The van der Waals surface area contributed by atoms with Gasteiger partial charge in [0.25, 0.3) is 0 Å². The summed E-state index contributed by atoms with van der Waals surface area (Å²) in [6, 6.07) is 0. The zero-order valence-corrected chi connectivity index (χ0v) is 10.2. The molecule has 0 aromatic heterocycles. The lowest BCUT2D eigenvalue weighted by Gasteiger charge is -2.32. The van der Waals surface area contributed by atoms with Crippen molar-refractivity contribution in [1.82, 2.24) is 0 Å². The van der Waals surface area contributed by atoms with Crippen molar-refractivity contribution in [2.75, 3.05) is 13.2 Å². The summed E-state index contributed by atoms with van der Waals surface area (Å²) in [4.78, 5) is 11.6. The molecule has 1 saturated heterocycles. The summed E-state index contributed by atoms with van der Waals surface area (Å²) in [7, 11) is 0. The molecule has 0 aromatic carbocycles. The number of hydrogen-bond acceptors (Lipinski definition) is 3. The van der Waals surface area contributed by atoms with E-state index in [9.17, 15) is 9.90 Å². The molecule has 1 fully saturated rings. The molecule has 1 aliphatic heterocycles. The maximum Gasteiger partial charge on any atom is 0.309 e. The van der Waals surface area contributed by atoms with Crippen molar-refractivity contribution in [2.45, 2.75) is 40.5 Å². The maximum atomic E-state index is 11.6. The molecule has 88 valence electrons. The van der Waals surface area contributed by atoms with Crippen LogP contribution in [0.15, 0.2) is 0 Å². The van der Waals surface area contributed by atoms with Gasteiger partial charge in [0.15, 0.2) is 0 Å². The molecule has 2 unspecified atom stereocenters. The van der Waals surface area contributed by atoms with Gasteiger partial charge in [-0.15, -0.1) is 0 Å².